The summed E-state index contributed by atoms with van der Waals surface area (Å²) in [6.45, 7) is 4.02. The minimum absolute atomic E-state index is 0.0491. The van der Waals surface area contributed by atoms with Gasteiger partial charge in [-0.2, -0.15) is 14.0 Å². The van der Waals surface area contributed by atoms with Crippen LogP contribution in [-0.4, -0.2) is 32.9 Å². The monoisotopic (exact) mass is 486 g/mol. The summed E-state index contributed by atoms with van der Waals surface area (Å²) >= 11 is 1.06. The van der Waals surface area contributed by atoms with Crippen LogP contribution in [0.25, 0.3) is 16.6 Å². The number of thioether (sulfide) groups is 1. The molecule has 2 unspecified atom stereocenters. The second kappa shape index (κ2) is 10.2. The zero-order chi connectivity index (χ0) is 25.0. The van der Waals surface area contributed by atoms with Gasteiger partial charge >= 0.3 is 6.61 Å². The number of nitrogens with one attached hydrogen (secondary N) is 1. The fourth-order valence-electron chi connectivity index (χ4n) is 3.07. The lowest BCUT2D eigenvalue weighted by atomic mass is 9.90. The number of alkyl halides is 2. The lowest BCUT2D eigenvalue weighted by molar-refractivity contribution is -0.121. The van der Waals surface area contributed by atoms with Crippen LogP contribution in [0.5, 0.6) is 5.75 Å². The molecule has 1 aromatic heterocycles. The number of benzene rings is 2. The zero-order valence-electron chi connectivity index (χ0n) is 19.1. The van der Waals surface area contributed by atoms with E-state index in [-0.39, 0.29) is 28.3 Å². The molecule has 0 aliphatic rings. The highest BCUT2D eigenvalue weighted by molar-refractivity contribution is 8.00. The molecule has 7 nitrogen and oxygen atoms in total. The molecule has 10 heteroatoms. The average Bonchev–Trinajstić information content (AvgIpc) is 2.79. The summed E-state index contributed by atoms with van der Waals surface area (Å²) in [6, 6.07) is 14.5. The lowest BCUT2D eigenvalue weighted by Crippen LogP contribution is -2.51. The van der Waals surface area contributed by atoms with Crippen molar-refractivity contribution >= 4 is 28.6 Å². The van der Waals surface area contributed by atoms with Crippen LogP contribution in [0.4, 0.5) is 8.78 Å². The molecular formula is C24H24F2N4O3S. The van der Waals surface area contributed by atoms with Crippen molar-refractivity contribution in [1.82, 2.24) is 14.9 Å². The van der Waals surface area contributed by atoms with E-state index in [1.807, 2.05) is 13.8 Å². The summed E-state index contributed by atoms with van der Waals surface area (Å²) in [7, 11) is 0. The van der Waals surface area contributed by atoms with Gasteiger partial charge in [0.25, 0.3) is 5.56 Å². The second-order valence-corrected chi connectivity index (χ2v) is 9.45. The Morgan fingerprint density at radius 2 is 1.82 bits per heavy atom. The maximum absolute atomic E-state index is 13.3. The van der Waals surface area contributed by atoms with Crippen molar-refractivity contribution in [2.45, 2.75) is 50.3 Å². The molecule has 0 bridgehead atoms. The van der Waals surface area contributed by atoms with E-state index in [9.17, 15) is 23.6 Å². The van der Waals surface area contributed by atoms with Crippen LogP contribution in [0.1, 0.15) is 27.7 Å². The summed E-state index contributed by atoms with van der Waals surface area (Å²) in [5.41, 5.74) is -0.583. The number of rotatable bonds is 8. The van der Waals surface area contributed by atoms with E-state index in [0.29, 0.717) is 16.6 Å². The maximum atomic E-state index is 13.3. The SMILES string of the molecule is CC(Sc1nc2ccccc2c(=O)n1-c1ccc(OC(F)F)cc1)C(=O)NC(C)(C#N)C(C)C. The van der Waals surface area contributed by atoms with Gasteiger partial charge < -0.3 is 10.1 Å². The molecule has 0 aliphatic carbocycles. The number of aromatic nitrogens is 2. The Morgan fingerprint density at radius 3 is 2.41 bits per heavy atom. The van der Waals surface area contributed by atoms with Crippen molar-refractivity contribution in [1.29, 1.82) is 5.26 Å². The van der Waals surface area contributed by atoms with E-state index < -0.39 is 17.4 Å². The molecule has 34 heavy (non-hydrogen) atoms. The molecule has 1 N–H and O–H groups in total. The number of halogens is 2. The highest BCUT2D eigenvalue weighted by Crippen LogP contribution is 2.27. The van der Waals surface area contributed by atoms with E-state index in [1.54, 1.807) is 38.1 Å². The Hall–Kier alpha value is -3.45. The van der Waals surface area contributed by atoms with E-state index in [2.05, 4.69) is 21.1 Å². The topological polar surface area (TPSA) is 97.0 Å². The molecule has 3 rings (SSSR count). The van der Waals surface area contributed by atoms with Gasteiger partial charge in [0, 0.05) is 0 Å². The van der Waals surface area contributed by atoms with Crippen LogP contribution in [-0.2, 0) is 4.79 Å². The molecule has 0 saturated carbocycles. The number of para-hydroxylation sites is 1. The van der Waals surface area contributed by atoms with Gasteiger partial charge in [0.1, 0.15) is 11.3 Å². The Morgan fingerprint density at radius 1 is 1.18 bits per heavy atom. The van der Waals surface area contributed by atoms with Gasteiger partial charge in [0.15, 0.2) is 5.16 Å². The van der Waals surface area contributed by atoms with Gasteiger partial charge in [-0.15, -0.1) is 0 Å². The third-order valence-corrected chi connectivity index (χ3v) is 6.54. The molecule has 2 atom stereocenters. The lowest BCUT2D eigenvalue weighted by Gasteiger charge is -2.28. The Bertz CT molecular complexity index is 1290. The predicted molar refractivity (Wildman–Crippen MR) is 126 cm³/mol. The Kier molecular flexibility index (Phi) is 7.57. The van der Waals surface area contributed by atoms with Crippen LogP contribution in [0.2, 0.25) is 0 Å². The average molecular weight is 487 g/mol. The van der Waals surface area contributed by atoms with Crippen LogP contribution < -0.4 is 15.6 Å². The second-order valence-electron chi connectivity index (χ2n) is 8.14. The summed E-state index contributed by atoms with van der Waals surface area (Å²) in [6.07, 6.45) is 0. The molecule has 1 amide bonds. The highest BCUT2D eigenvalue weighted by Gasteiger charge is 2.32. The zero-order valence-corrected chi connectivity index (χ0v) is 19.9. The molecular weight excluding hydrogens is 462 g/mol. The molecule has 0 aliphatic heterocycles. The van der Waals surface area contributed by atoms with E-state index in [0.717, 1.165) is 11.8 Å². The highest BCUT2D eigenvalue weighted by atomic mass is 32.2. The van der Waals surface area contributed by atoms with Crippen molar-refractivity contribution in [3.8, 4) is 17.5 Å². The number of carbonyl (C=O) groups excluding carboxylic acids is 1. The van der Waals surface area contributed by atoms with Crippen molar-refractivity contribution in [2.75, 3.05) is 0 Å². The van der Waals surface area contributed by atoms with Crippen molar-refractivity contribution in [3.63, 3.8) is 0 Å². The van der Waals surface area contributed by atoms with Crippen LogP contribution >= 0.6 is 11.8 Å². The molecule has 178 valence electrons. The van der Waals surface area contributed by atoms with Crippen molar-refractivity contribution < 1.29 is 18.3 Å². The molecule has 0 radical (unpaired) electrons. The van der Waals surface area contributed by atoms with E-state index in [4.69, 9.17) is 0 Å². The fourth-order valence-corrected chi connectivity index (χ4v) is 3.99. The number of hydrogen-bond acceptors (Lipinski definition) is 6. The van der Waals surface area contributed by atoms with Gasteiger partial charge in [-0.1, -0.05) is 37.7 Å². The number of amides is 1. The molecule has 0 fully saturated rings. The Labute approximate surface area is 199 Å². The number of fused-ring (bicyclic) bond motifs is 1. The standard InChI is InChI=1S/C24H24F2N4O3S/c1-14(2)24(4,13-27)29-20(31)15(3)34-23-28-19-8-6-5-7-18(19)21(32)30(23)16-9-11-17(12-10-16)33-22(25)26/h5-12,14-15,22H,1-4H3,(H,29,31). The van der Waals surface area contributed by atoms with E-state index >= 15 is 0 Å². The quantitative estimate of drug-likeness (QED) is 0.371. The van der Waals surface area contributed by atoms with Gasteiger partial charge in [-0.3, -0.25) is 14.2 Å². The van der Waals surface area contributed by atoms with Crippen LogP contribution in [0, 0.1) is 17.2 Å². The van der Waals surface area contributed by atoms with Crippen molar-refractivity contribution in [2.24, 2.45) is 5.92 Å². The first kappa shape index (κ1) is 25.2. The van der Waals surface area contributed by atoms with Crippen LogP contribution in [0.15, 0.2) is 58.5 Å². The van der Waals surface area contributed by atoms with Gasteiger partial charge in [0.05, 0.1) is 27.9 Å². The molecule has 0 spiro atoms. The first-order valence-corrected chi connectivity index (χ1v) is 11.4. The minimum Gasteiger partial charge on any atom is -0.435 e. The molecule has 2 aromatic carbocycles. The number of hydrogen-bond donors (Lipinski definition) is 1. The summed E-state index contributed by atoms with van der Waals surface area (Å²) < 4.78 is 30.7. The molecule has 3 aromatic rings. The third kappa shape index (κ3) is 5.37. The Balaban J connectivity index is 2.02. The molecule has 0 saturated heterocycles. The largest absolute Gasteiger partial charge is 0.435 e. The number of nitriles is 1. The summed E-state index contributed by atoms with van der Waals surface area (Å²) in [5, 5.41) is 12.2. The summed E-state index contributed by atoms with van der Waals surface area (Å²) in [4.78, 5) is 30.8. The first-order valence-electron chi connectivity index (χ1n) is 10.5. The van der Waals surface area contributed by atoms with Gasteiger partial charge in [-0.25, -0.2) is 4.98 Å². The fraction of sp³-hybridized carbons (Fsp3) is 0.333. The maximum Gasteiger partial charge on any atom is 0.387 e. The number of carbonyl (C=O) groups is 1. The normalized spacial score (nSPS) is 14.0. The minimum atomic E-state index is -2.97. The predicted octanol–water partition coefficient (Wildman–Crippen LogP) is 4.52. The van der Waals surface area contributed by atoms with E-state index in [1.165, 1.54) is 28.8 Å². The molecule has 1 heterocycles. The smallest absolute Gasteiger partial charge is 0.387 e. The first-order chi connectivity index (χ1) is 16.1. The summed E-state index contributed by atoms with van der Waals surface area (Å²) in [5.74, 6) is -0.547. The van der Waals surface area contributed by atoms with Crippen molar-refractivity contribution in [3.05, 3.63) is 58.9 Å². The van der Waals surface area contributed by atoms with Gasteiger partial charge in [0.2, 0.25) is 5.91 Å². The number of ether oxygens (including phenoxy) is 1. The number of nitrogens with zero attached hydrogens (tertiary/aromatic N) is 3. The third-order valence-electron chi connectivity index (χ3n) is 5.49. The van der Waals surface area contributed by atoms with Crippen LogP contribution in [0.3, 0.4) is 0 Å². The van der Waals surface area contributed by atoms with Gasteiger partial charge in [-0.05, 0) is 56.2 Å².